The fourth-order valence-corrected chi connectivity index (χ4v) is 2.90. The number of carbonyl (C=O) groups is 1. The number of aryl methyl sites for hydroxylation is 1. The predicted octanol–water partition coefficient (Wildman–Crippen LogP) is 1.83. The van der Waals surface area contributed by atoms with Gasteiger partial charge in [0.2, 0.25) is 15.9 Å². The topological polar surface area (TPSA) is 75.3 Å². The van der Waals surface area contributed by atoms with E-state index in [1.807, 2.05) is 13.8 Å². The van der Waals surface area contributed by atoms with E-state index < -0.39 is 10.0 Å². The average molecular weight is 312 g/mol. The maximum absolute atomic E-state index is 11.9. The van der Waals surface area contributed by atoms with Gasteiger partial charge in [-0.3, -0.25) is 4.79 Å². The fourth-order valence-electron chi connectivity index (χ4n) is 1.77. The second-order valence-corrected chi connectivity index (χ2v) is 6.66. The molecule has 0 saturated carbocycles. The zero-order chi connectivity index (χ0) is 15.7. The number of hydrogen-bond donors (Lipinski definition) is 2. The molecule has 5 nitrogen and oxygen atoms in total. The molecule has 0 radical (unpaired) electrons. The summed E-state index contributed by atoms with van der Waals surface area (Å²) in [6, 6.07) is 6.68. The molecule has 0 unspecified atom stereocenters. The smallest absolute Gasteiger partial charge is 0.240 e. The molecule has 1 rings (SSSR count). The normalized spacial score (nSPS) is 11.3. The Bertz CT molecular complexity index is 539. The van der Waals surface area contributed by atoms with Gasteiger partial charge >= 0.3 is 0 Å². The Labute approximate surface area is 127 Å². The van der Waals surface area contributed by atoms with E-state index in [1.165, 1.54) is 0 Å². The highest BCUT2D eigenvalue weighted by Gasteiger charge is 2.12. The molecule has 0 spiro atoms. The lowest BCUT2D eigenvalue weighted by Gasteiger charge is -2.07. The Kier molecular flexibility index (Phi) is 7.39. The highest BCUT2D eigenvalue weighted by atomic mass is 32.2. The molecule has 21 heavy (non-hydrogen) atoms. The zero-order valence-electron chi connectivity index (χ0n) is 12.7. The van der Waals surface area contributed by atoms with Crippen LogP contribution >= 0.6 is 0 Å². The number of rotatable bonds is 9. The minimum absolute atomic E-state index is 0.0261. The predicted molar refractivity (Wildman–Crippen MR) is 83.5 cm³/mol. The van der Waals surface area contributed by atoms with Crippen molar-refractivity contribution in [2.45, 2.75) is 44.4 Å². The van der Waals surface area contributed by atoms with Gasteiger partial charge in [-0.25, -0.2) is 13.1 Å². The third-order valence-electron chi connectivity index (χ3n) is 2.99. The van der Waals surface area contributed by atoms with Gasteiger partial charge in [0, 0.05) is 19.5 Å². The van der Waals surface area contributed by atoms with Gasteiger partial charge in [-0.1, -0.05) is 26.0 Å². The molecule has 0 heterocycles. The largest absolute Gasteiger partial charge is 0.356 e. The molecule has 6 heteroatoms. The SMILES string of the molecule is CCCNC(=O)CCc1ccc(S(=O)(=O)NCCC)cc1. The summed E-state index contributed by atoms with van der Waals surface area (Å²) in [6.45, 7) is 5.04. The first-order chi connectivity index (χ1) is 9.99. The van der Waals surface area contributed by atoms with E-state index in [1.54, 1.807) is 24.3 Å². The molecule has 0 fully saturated rings. The van der Waals surface area contributed by atoms with Crippen molar-refractivity contribution in [2.24, 2.45) is 0 Å². The first-order valence-electron chi connectivity index (χ1n) is 7.35. The van der Waals surface area contributed by atoms with Crippen molar-refractivity contribution in [3.8, 4) is 0 Å². The third kappa shape index (κ3) is 6.27. The lowest BCUT2D eigenvalue weighted by Crippen LogP contribution is -2.24. The van der Waals surface area contributed by atoms with Crippen LogP contribution in [0, 0.1) is 0 Å². The molecular formula is C15H24N2O3S. The number of carbonyl (C=O) groups excluding carboxylic acids is 1. The Hall–Kier alpha value is -1.40. The van der Waals surface area contributed by atoms with E-state index in [-0.39, 0.29) is 10.8 Å². The van der Waals surface area contributed by atoms with Crippen molar-refractivity contribution in [2.75, 3.05) is 13.1 Å². The van der Waals surface area contributed by atoms with Crippen LogP contribution in [0.4, 0.5) is 0 Å². The number of sulfonamides is 1. The van der Waals surface area contributed by atoms with E-state index in [4.69, 9.17) is 0 Å². The van der Waals surface area contributed by atoms with Crippen LogP contribution in [0.25, 0.3) is 0 Å². The van der Waals surface area contributed by atoms with Crippen LogP contribution in [0.3, 0.4) is 0 Å². The van der Waals surface area contributed by atoms with Crippen LogP contribution in [0.2, 0.25) is 0 Å². The van der Waals surface area contributed by atoms with Crippen molar-refractivity contribution in [1.82, 2.24) is 10.0 Å². The number of hydrogen-bond acceptors (Lipinski definition) is 3. The summed E-state index contributed by atoms with van der Waals surface area (Å²) in [7, 11) is -3.41. The lowest BCUT2D eigenvalue weighted by atomic mass is 10.1. The summed E-state index contributed by atoms with van der Waals surface area (Å²) < 4.78 is 26.3. The van der Waals surface area contributed by atoms with Crippen LogP contribution in [-0.4, -0.2) is 27.4 Å². The van der Waals surface area contributed by atoms with Crippen LogP contribution in [-0.2, 0) is 21.2 Å². The Balaban J connectivity index is 2.56. The van der Waals surface area contributed by atoms with Gasteiger partial charge in [0.1, 0.15) is 0 Å². The molecular weight excluding hydrogens is 288 g/mol. The van der Waals surface area contributed by atoms with Gasteiger partial charge in [0.25, 0.3) is 0 Å². The molecule has 1 amide bonds. The summed E-state index contributed by atoms with van der Waals surface area (Å²) in [5, 5.41) is 2.82. The molecule has 0 bridgehead atoms. The minimum atomic E-state index is -3.41. The summed E-state index contributed by atoms with van der Waals surface area (Å²) in [5.41, 5.74) is 0.955. The van der Waals surface area contributed by atoms with Crippen LogP contribution in [0.5, 0.6) is 0 Å². The van der Waals surface area contributed by atoms with E-state index in [9.17, 15) is 13.2 Å². The molecule has 2 N–H and O–H groups in total. The van der Waals surface area contributed by atoms with Crippen molar-refractivity contribution in [1.29, 1.82) is 0 Å². The van der Waals surface area contributed by atoms with Crippen molar-refractivity contribution in [3.05, 3.63) is 29.8 Å². The monoisotopic (exact) mass is 312 g/mol. The maximum atomic E-state index is 11.9. The summed E-state index contributed by atoms with van der Waals surface area (Å²) >= 11 is 0. The van der Waals surface area contributed by atoms with Gasteiger partial charge in [0.15, 0.2) is 0 Å². The molecule has 0 atom stereocenters. The van der Waals surface area contributed by atoms with Gasteiger partial charge in [0.05, 0.1) is 4.90 Å². The van der Waals surface area contributed by atoms with Gasteiger partial charge in [-0.05, 0) is 37.0 Å². The number of benzene rings is 1. The van der Waals surface area contributed by atoms with Gasteiger partial charge in [-0.2, -0.15) is 0 Å². The van der Waals surface area contributed by atoms with Crippen LogP contribution in [0.1, 0.15) is 38.7 Å². The van der Waals surface area contributed by atoms with E-state index in [0.29, 0.717) is 25.9 Å². The minimum Gasteiger partial charge on any atom is -0.356 e. The van der Waals surface area contributed by atoms with E-state index in [0.717, 1.165) is 18.4 Å². The van der Waals surface area contributed by atoms with Crippen molar-refractivity contribution in [3.63, 3.8) is 0 Å². The zero-order valence-corrected chi connectivity index (χ0v) is 13.5. The molecule has 1 aromatic rings. The summed E-state index contributed by atoms with van der Waals surface area (Å²) in [6.07, 6.45) is 2.70. The Morgan fingerprint density at radius 2 is 1.67 bits per heavy atom. The Morgan fingerprint density at radius 3 is 2.24 bits per heavy atom. The van der Waals surface area contributed by atoms with Crippen LogP contribution in [0.15, 0.2) is 29.2 Å². The highest BCUT2D eigenvalue weighted by Crippen LogP contribution is 2.11. The van der Waals surface area contributed by atoms with E-state index in [2.05, 4.69) is 10.0 Å². The third-order valence-corrected chi connectivity index (χ3v) is 4.47. The molecule has 0 aliphatic carbocycles. The number of nitrogens with one attached hydrogen (secondary N) is 2. The standard InChI is InChI=1S/C15H24N2O3S/c1-3-11-16-15(18)10-7-13-5-8-14(9-6-13)21(19,20)17-12-4-2/h5-6,8-9,17H,3-4,7,10-12H2,1-2H3,(H,16,18). The first kappa shape index (κ1) is 17.7. The van der Waals surface area contributed by atoms with Crippen LogP contribution < -0.4 is 10.0 Å². The van der Waals surface area contributed by atoms with Gasteiger partial charge in [-0.15, -0.1) is 0 Å². The quantitative estimate of drug-likeness (QED) is 0.730. The Morgan fingerprint density at radius 1 is 1.05 bits per heavy atom. The average Bonchev–Trinajstić information content (AvgIpc) is 2.49. The molecule has 118 valence electrons. The van der Waals surface area contributed by atoms with Crippen molar-refractivity contribution >= 4 is 15.9 Å². The first-order valence-corrected chi connectivity index (χ1v) is 8.83. The van der Waals surface area contributed by atoms with E-state index >= 15 is 0 Å². The summed E-state index contributed by atoms with van der Waals surface area (Å²) in [4.78, 5) is 11.8. The molecule has 1 aromatic carbocycles. The fraction of sp³-hybridized carbons (Fsp3) is 0.533. The lowest BCUT2D eigenvalue weighted by molar-refractivity contribution is -0.121. The molecule has 0 saturated heterocycles. The highest BCUT2D eigenvalue weighted by molar-refractivity contribution is 7.89. The summed E-state index contributed by atoms with van der Waals surface area (Å²) in [5.74, 6) is 0.0261. The molecule has 0 aliphatic heterocycles. The number of amides is 1. The molecule has 0 aromatic heterocycles. The second kappa shape index (κ2) is 8.79. The van der Waals surface area contributed by atoms with Gasteiger partial charge < -0.3 is 5.32 Å². The molecule has 0 aliphatic rings. The maximum Gasteiger partial charge on any atom is 0.240 e. The second-order valence-electron chi connectivity index (χ2n) is 4.89. The van der Waals surface area contributed by atoms with Crippen molar-refractivity contribution < 1.29 is 13.2 Å².